The van der Waals surface area contributed by atoms with Gasteiger partial charge in [0.15, 0.2) is 0 Å². The van der Waals surface area contributed by atoms with Crippen molar-refractivity contribution in [3.05, 3.63) is 29.6 Å². The molecule has 0 aliphatic rings. The van der Waals surface area contributed by atoms with Crippen molar-refractivity contribution < 1.29 is 32.3 Å². The molecule has 134 valence electrons. The Morgan fingerprint density at radius 3 is 2.38 bits per heavy atom. The average Bonchev–Trinajstić information content (AvgIpc) is 2.47. The summed E-state index contributed by atoms with van der Waals surface area (Å²) < 4.78 is 51.4. The van der Waals surface area contributed by atoms with Crippen LogP contribution in [-0.2, 0) is 16.0 Å². The molecule has 0 aromatic heterocycles. The highest BCUT2D eigenvalue weighted by Crippen LogP contribution is 2.28. The van der Waals surface area contributed by atoms with Gasteiger partial charge in [0, 0.05) is 0 Å². The molecule has 0 radical (unpaired) electrons. The zero-order chi connectivity index (χ0) is 18.7. The van der Waals surface area contributed by atoms with E-state index in [9.17, 15) is 27.2 Å². The van der Waals surface area contributed by atoms with Gasteiger partial charge in [-0.25, -0.2) is 4.39 Å². The fourth-order valence-electron chi connectivity index (χ4n) is 1.88. The van der Waals surface area contributed by atoms with Crippen molar-refractivity contribution in [1.82, 2.24) is 0 Å². The number of benzene rings is 1. The zero-order valence-electron chi connectivity index (χ0n) is 13.0. The van der Waals surface area contributed by atoms with Gasteiger partial charge >= 0.3 is 12.1 Å². The standard InChI is InChI=1S/C15H18F4N2O3/c1-7(14(23)24)5-9-3-4-10(16)11(6-9)21-13(22)12(20)8(2)15(17,18)19/h3-4,6-8,12H,5,20H2,1-2H3,(H,21,22)(H,23,24)/t7-,8?,12?/m0/s1. The number of carbonyl (C=O) groups is 2. The third-order valence-corrected chi connectivity index (χ3v) is 3.61. The second-order valence-electron chi connectivity index (χ2n) is 5.60. The first-order valence-electron chi connectivity index (χ1n) is 7.08. The van der Waals surface area contributed by atoms with Crippen molar-refractivity contribution >= 4 is 17.6 Å². The number of alkyl halides is 3. The highest BCUT2D eigenvalue weighted by Gasteiger charge is 2.42. The highest BCUT2D eigenvalue weighted by molar-refractivity contribution is 5.95. The van der Waals surface area contributed by atoms with Gasteiger partial charge in [0.25, 0.3) is 0 Å². The number of nitrogens with two attached hydrogens (primary N) is 1. The van der Waals surface area contributed by atoms with E-state index in [1.807, 2.05) is 5.32 Å². The molecular formula is C15H18F4N2O3. The number of carboxylic acid groups (broad SMARTS) is 1. The van der Waals surface area contributed by atoms with Crippen molar-refractivity contribution in [2.75, 3.05) is 5.32 Å². The minimum atomic E-state index is -4.66. The van der Waals surface area contributed by atoms with E-state index in [1.54, 1.807) is 0 Å². The van der Waals surface area contributed by atoms with Crippen LogP contribution in [0, 0.1) is 17.7 Å². The van der Waals surface area contributed by atoms with Gasteiger partial charge in [-0.2, -0.15) is 13.2 Å². The molecule has 0 fully saturated rings. The number of carboxylic acids is 1. The number of anilines is 1. The molecule has 0 spiro atoms. The molecule has 2 unspecified atom stereocenters. The maximum atomic E-state index is 13.7. The van der Waals surface area contributed by atoms with E-state index in [1.165, 1.54) is 19.1 Å². The summed E-state index contributed by atoms with van der Waals surface area (Å²) in [6, 6.07) is 1.62. The molecule has 3 atom stereocenters. The van der Waals surface area contributed by atoms with E-state index in [-0.39, 0.29) is 12.1 Å². The van der Waals surface area contributed by atoms with Crippen LogP contribution in [0.1, 0.15) is 19.4 Å². The molecule has 9 heteroatoms. The second-order valence-corrected chi connectivity index (χ2v) is 5.60. The summed E-state index contributed by atoms with van der Waals surface area (Å²) in [5.74, 6) is -5.93. The molecule has 0 heterocycles. The molecule has 0 aliphatic carbocycles. The number of carbonyl (C=O) groups excluding carboxylic acids is 1. The van der Waals surface area contributed by atoms with Gasteiger partial charge in [0.2, 0.25) is 5.91 Å². The highest BCUT2D eigenvalue weighted by atomic mass is 19.4. The van der Waals surface area contributed by atoms with Gasteiger partial charge in [-0.3, -0.25) is 9.59 Å². The van der Waals surface area contributed by atoms with Crippen LogP contribution >= 0.6 is 0 Å². The summed E-state index contributed by atoms with van der Waals surface area (Å²) in [7, 11) is 0. The van der Waals surface area contributed by atoms with Crippen LogP contribution in [0.25, 0.3) is 0 Å². The predicted octanol–water partition coefficient (Wildman–Crippen LogP) is 2.55. The summed E-state index contributed by atoms with van der Waals surface area (Å²) in [5.41, 5.74) is 5.34. The first-order chi connectivity index (χ1) is 10.9. The van der Waals surface area contributed by atoms with E-state index in [0.717, 1.165) is 13.0 Å². The zero-order valence-corrected chi connectivity index (χ0v) is 13.0. The molecule has 0 aliphatic heterocycles. The number of hydrogen-bond acceptors (Lipinski definition) is 3. The maximum absolute atomic E-state index is 13.7. The van der Waals surface area contributed by atoms with Gasteiger partial charge < -0.3 is 16.2 Å². The fourth-order valence-corrected chi connectivity index (χ4v) is 1.88. The van der Waals surface area contributed by atoms with Crippen LogP contribution in [0.5, 0.6) is 0 Å². The molecule has 1 aromatic carbocycles. The molecule has 1 amide bonds. The molecule has 4 N–H and O–H groups in total. The minimum absolute atomic E-state index is 0.0729. The fraction of sp³-hybridized carbons (Fsp3) is 0.467. The van der Waals surface area contributed by atoms with Gasteiger partial charge in [0.05, 0.1) is 23.6 Å². The quantitative estimate of drug-likeness (QED) is 0.688. The number of aliphatic carboxylic acids is 1. The smallest absolute Gasteiger partial charge is 0.393 e. The van der Waals surface area contributed by atoms with E-state index in [2.05, 4.69) is 0 Å². The predicted molar refractivity (Wildman–Crippen MR) is 78.7 cm³/mol. The van der Waals surface area contributed by atoms with Gasteiger partial charge in [-0.15, -0.1) is 0 Å². The lowest BCUT2D eigenvalue weighted by atomic mass is 10.00. The Bertz CT molecular complexity index is 619. The molecule has 0 saturated carbocycles. The Balaban J connectivity index is 2.90. The average molecular weight is 350 g/mol. The Kier molecular flexibility index (Phi) is 6.30. The van der Waals surface area contributed by atoms with Crippen molar-refractivity contribution in [3.63, 3.8) is 0 Å². The second kappa shape index (κ2) is 7.61. The lowest BCUT2D eigenvalue weighted by Gasteiger charge is -2.22. The lowest BCUT2D eigenvalue weighted by molar-refractivity contribution is -0.176. The summed E-state index contributed by atoms with van der Waals surface area (Å²) in [5, 5.41) is 10.9. The van der Waals surface area contributed by atoms with Gasteiger partial charge in [-0.05, 0) is 24.1 Å². The normalized spacial score (nSPS) is 15.5. The molecule has 24 heavy (non-hydrogen) atoms. The first kappa shape index (κ1) is 19.9. The topological polar surface area (TPSA) is 92.4 Å². The van der Waals surface area contributed by atoms with Crippen molar-refractivity contribution in [2.24, 2.45) is 17.6 Å². The summed E-state index contributed by atoms with van der Waals surface area (Å²) >= 11 is 0. The van der Waals surface area contributed by atoms with Crippen LogP contribution in [0.4, 0.5) is 23.2 Å². The number of amides is 1. The number of hydrogen-bond donors (Lipinski definition) is 3. The van der Waals surface area contributed by atoms with Crippen LogP contribution in [0.15, 0.2) is 18.2 Å². The van der Waals surface area contributed by atoms with E-state index < -0.39 is 41.7 Å². The SMILES string of the molecule is CC(C(N)C(=O)Nc1cc(C[C@H](C)C(=O)O)ccc1F)C(F)(F)F. The van der Waals surface area contributed by atoms with Crippen molar-refractivity contribution in [1.29, 1.82) is 0 Å². The number of rotatable bonds is 6. The lowest BCUT2D eigenvalue weighted by Crippen LogP contribution is -2.46. The third kappa shape index (κ3) is 5.19. The molecule has 5 nitrogen and oxygen atoms in total. The summed E-state index contributed by atoms with van der Waals surface area (Å²) in [6.45, 7) is 2.20. The molecular weight excluding hydrogens is 332 g/mol. The van der Waals surface area contributed by atoms with Gasteiger partial charge in [0.1, 0.15) is 5.82 Å². The Labute approximate surface area is 135 Å². The van der Waals surface area contributed by atoms with Crippen LogP contribution in [0.2, 0.25) is 0 Å². The van der Waals surface area contributed by atoms with Crippen LogP contribution in [-0.4, -0.2) is 29.2 Å². The molecule has 0 saturated heterocycles. The van der Waals surface area contributed by atoms with E-state index in [0.29, 0.717) is 5.56 Å². The van der Waals surface area contributed by atoms with E-state index in [4.69, 9.17) is 10.8 Å². The number of nitrogens with one attached hydrogen (secondary N) is 1. The summed E-state index contributed by atoms with van der Waals surface area (Å²) in [4.78, 5) is 22.6. The Morgan fingerprint density at radius 2 is 1.88 bits per heavy atom. The van der Waals surface area contributed by atoms with Crippen LogP contribution < -0.4 is 11.1 Å². The van der Waals surface area contributed by atoms with Gasteiger partial charge in [-0.1, -0.05) is 19.9 Å². The Morgan fingerprint density at radius 1 is 1.29 bits per heavy atom. The maximum Gasteiger partial charge on any atom is 0.393 e. The van der Waals surface area contributed by atoms with Crippen molar-refractivity contribution in [2.45, 2.75) is 32.5 Å². The van der Waals surface area contributed by atoms with Crippen molar-refractivity contribution in [3.8, 4) is 0 Å². The largest absolute Gasteiger partial charge is 0.481 e. The minimum Gasteiger partial charge on any atom is -0.481 e. The van der Waals surface area contributed by atoms with E-state index >= 15 is 0 Å². The molecule has 0 bridgehead atoms. The monoisotopic (exact) mass is 350 g/mol. The number of halogens is 4. The third-order valence-electron chi connectivity index (χ3n) is 3.61. The summed E-state index contributed by atoms with van der Waals surface area (Å²) in [6.07, 6.45) is -4.59. The van der Waals surface area contributed by atoms with Crippen LogP contribution in [0.3, 0.4) is 0 Å². The Hall–Kier alpha value is -2.16. The first-order valence-corrected chi connectivity index (χ1v) is 7.08. The molecule has 1 rings (SSSR count). The molecule has 1 aromatic rings.